The van der Waals surface area contributed by atoms with E-state index in [9.17, 15) is 4.79 Å². The molecule has 0 bridgehead atoms. The fourth-order valence-electron chi connectivity index (χ4n) is 1.95. The van der Waals surface area contributed by atoms with Crippen molar-refractivity contribution in [2.24, 2.45) is 0 Å². The van der Waals surface area contributed by atoms with E-state index in [0.29, 0.717) is 24.1 Å². The number of nitrogens with one attached hydrogen (secondary N) is 1. The third-order valence-corrected chi connectivity index (χ3v) is 3.14. The number of nitrogens with zero attached hydrogens (tertiary/aromatic N) is 2. The molecule has 2 aromatic rings. The Morgan fingerprint density at radius 3 is 2.85 bits per heavy atom. The van der Waals surface area contributed by atoms with Gasteiger partial charge < -0.3 is 14.8 Å². The first-order valence-electron chi connectivity index (χ1n) is 6.53. The first kappa shape index (κ1) is 12.7. The molecule has 1 fully saturated rings. The Morgan fingerprint density at radius 2 is 2.25 bits per heavy atom. The van der Waals surface area contributed by atoms with Gasteiger partial charge in [0, 0.05) is 12.0 Å². The third kappa shape index (κ3) is 2.79. The predicted molar refractivity (Wildman–Crippen MR) is 71.7 cm³/mol. The van der Waals surface area contributed by atoms with Crippen LogP contribution < -0.4 is 5.32 Å². The maximum Gasteiger partial charge on any atom is 0.354 e. The lowest BCUT2D eigenvalue weighted by atomic mass is 10.3. The van der Waals surface area contributed by atoms with E-state index in [-0.39, 0.29) is 5.69 Å². The second kappa shape index (κ2) is 4.96. The zero-order chi connectivity index (χ0) is 14.1. The first-order valence-corrected chi connectivity index (χ1v) is 6.53. The summed E-state index contributed by atoms with van der Waals surface area (Å²) in [5.41, 5.74) is 0.0278. The van der Waals surface area contributed by atoms with Crippen LogP contribution >= 0.6 is 0 Å². The van der Waals surface area contributed by atoms with Crippen LogP contribution in [0.5, 0.6) is 0 Å². The maximum atomic E-state index is 11.1. The van der Waals surface area contributed by atoms with Gasteiger partial charge in [-0.3, -0.25) is 0 Å². The third-order valence-electron chi connectivity index (χ3n) is 3.14. The molecule has 0 saturated heterocycles. The van der Waals surface area contributed by atoms with Gasteiger partial charge in [0.05, 0.1) is 6.54 Å². The average Bonchev–Trinajstić information content (AvgIpc) is 3.19. The van der Waals surface area contributed by atoms with Crippen molar-refractivity contribution in [3.8, 4) is 0 Å². The summed E-state index contributed by atoms with van der Waals surface area (Å²) in [5.74, 6) is 2.03. The van der Waals surface area contributed by atoms with Gasteiger partial charge in [0.1, 0.15) is 23.2 Å². The van der Waals surface area contributed by atoms with Crippen molar-refractivity contribution < 1.29 is 14.3 Å². The fraction of sp³-hybridized carbons (Fsp3) is 0.357. The number of aryl methyl sites for hydroxylation is 1. The van der Waals surface area contributed by atoms with Gasteiger partial charge in [-0.15, -0.1) is 0 Å². The highest BCUT2D eigenvalue weighted by molar-refractivity contribution is 5.86. The van der Waals surface area contributed by atoms with Gasteiger partial charge in [0.15, 0.2) is 5.69 Å². The lowest BCUT2D eigenvalue weighted by Gasteiger charge is -2.07. The number of anilines is 1. The van der Waals surface area contributed by atoms with Crippen molar-refractivity contribution in [2.45, 2.75) is 32.2 Å². The van der Waals surface area contributed by atoms with Gasteiger partial charge >= 0.3 is 5.97 Å². The minimum Gasteiger partial charge on any atom is -0.477 e. The van der Waals surface area contributed by atoms with Crippen LogP contribution in [0.25, 0.3) is 0 Å². The molecule has 2 aromatic heterocycles. The van der Waals surface area contributed by atoms with E-state index in [1.54, 1.807) is 0 Å². The lowest BCUT2D eigenvalue weighted by Crippen LogP contribution is -2.09. The molecule has 3 rings (SSSR count). The molecule has 0 atom stereocenters. The molecule has 104 valence electrons. The quantitative estimate of drug-likeness (QED) is 0.870. The monoisotopic (exact) mass is 273 g/mol. The molecule has 2 heterocycles. The van der Waals surface area contributed by atoms with Gasteiger partial charge in [-0.1, -0.05) is 0 Å². The van der Waals surface area contributed by atoms with E-state index in [4.69, 9.17) is 9.52 Å². The van der Waals surface area contributed by atoms with E-state index in [0.717, 1.165) is 24.4 Å². The molecule has 6 heteroatoms. The molecule has 20 heavy (non-hydrogen) atoms. The summed E-state index contributed by atoms with van der Waals surface area (Å²) in [5, 5.41) is 12.2. The van der Waals surface area contributed by atoms with Crippen LogP contribution in [0, 0.1) is 6.92 Å². The Hall–Kier alpha value is -2.37. The molecule has 0 spiro atoms. The van der Waals surface area contributed by atoms with E-state index in [1.165, 1.54) is 6.07 Å². The number of aromatic carboxylic acids is 1. The number of carboxylic acid groups (broad SMARTS) is 1. The number of hydrogen-bond acceptors (Lipinski definition) is 5. The molecule has 0 amide bonds. The fourth-order valence-corrected chi connectivity index (χ4v) is 1.95. The Balaban J connectivity index is 1.79. The largest absolute Gasteiger partial charge is 0.477 e. The van der Waals surface area contributed by atoms with E-state index >= 15 is 0 Å². The van der Waals surface area contributed by atoms with Crippen LogP contribution in [0.2, 0.25) is 0 Å². The zero-order valence-corrected chi connectivity index (χ0v) is 11.1. The summed E-state index contributed by atoms with van der Waals surface area (Å²) >= 11 is 0. The number of carbonyl (C=O) groups is 1. The number of furan rings is 1. The van der Waals surface area contributed by atoms with Crippen LogP contribution in [-0.4, -0.2) is 21.0 Å². The topological polar surface area (TPSA) is 88.2 Å². The van der Waals surface area contributed by atoms with Gasteiger partial charge in [0.2, 0.25) is 0 Å². The van der Waals surface area contributed by atoms with Crippen LogP contribution in [-0.2, 0) is 6.54 Å². The van der Waals surface area contributed by atoms with Crippen molar-refractivity contribution in [3.05, 3.63) is 41.2 Å². The zero-order valence-electron chi connectivity index (χ0n) is 11.1. The first-order chi connectivity index (χ1) is 9.61. The summed E-state index contributed by atoms with van der Waals surface area (Å²) in [6, 6.07) is 5.21. The summed E-state index contributed by atoms with van der Waals surface area (Å²) < 4.78 is 5.45. The summed E-state index contributed by atoms with van der Waals surface area (Å²) in [6.45, 7) is 2.34. The highest BCUT2D eigenvalue weighted by Crippen LogP contribution is 2.38. The molecule has 1 aliphatic carbocycles. The molecule has 0 aromatic carbocycles. The number of aromatic nitrogens is 2. The van der Waals surface area contributed by atoms with Gasteiger partial charge in [-0.25, -0.2) is 14.8 Å². The van der Waals surface area contributed by atoms with Gasteiger partial charge in [0.25, 0.3) is 0 Å². The Morgan fingerprint density at radius 1 is 1.45 bits per heavy atom. The summed E-state index contributed by atoms with van der Waals surface area (Å²) in [6.07, 6.45) is 2.06. The van der Waals surface area contributed by atoms with Crippen molar-refractivity contribution in [3.63, 3.8) is 0 Å². The number of carboxylic acids is 1. The van der Waals surface area contributed by atoms with Crippen molar-refractivity contribution in [2.75, 3.05) is 5.32 Å². The van der Waals surface area contributed by atoms with Crippen LogP contribution in [0.3, 0.4) is 0 Å². The molecule has 1 aliphatic rings. The highest BCUT2D eigenvalue weighted by atomic mass is 16.4. The molecule has 6 nitrogen and oxygen atoms in total. The van der Waals surface area contributed by atoms with Gasteiger partial charge in [-0.05, 0) is 31.9 Å². The standard InChI is InChI=1S/C14H15N3O3/c1-8-2-5-10(20-8)7-15-12-6-11(14(18)19)16-13(17-12)9-3-4-9/h2,5-6,9H,3-4,7H2,1H3,(H,18,19)(H,15,16,17). The summed E-state index contributed by atoms with van der Waals surface area (Å²) in [7, 11) is 0. The second-order valence-corrected chi connectivity index (χ2v) is 4.94. The van der Waals surface area contributed by atoms with E-state index in [1.807, 2.05) is 19.1 Å². The lowest BCUT2D eigenvalue weighted by molar-refractivity contribution is 0.0690. The second-order valence-electron chi connectivity index (χ2n) is 4.94. The molecule has 1 saturated carbocycles. The normalized spacial score (nSPS) is 14.2. The maximum absolute atomic E-state index is 11.1. The SMILES string of the molecule is Cc1ccc(CNc2cc(C(=O)O)nc(C3CC3)n2)o1. The molecule has 0 aliphatic heterocycles. The van der Waals surface area contributed by atoms with E-state index < -0.39 is 5.97 Å². The number of rotatable bonds is 5. The molecule has 2 N–H and O–H groups in total. The predicted octanol–water partition coefficient (Wildman–Crippen LogP) is 2.57. The smallest absolute Gasteiger partial charge is 0.354 e. The van der Waals surface area contributed by atoms with Crippen LogP contribution in [0.1, 0.15) is 46.6 Å². The Labute approximate surface area is 115 Å². The van der Waals surface area contributed by atoms with Gasteiger partial charge in [-0.2, -0.15) is 0 Å². The van der Waals surface area contributed by atoms with Crippen LogP contribution in [0.4, 0.5) is 5.82 Å². The van der Waals surface area contributed by atoms with Crippen molar-refractivity contribution >= 4 is 11.8 Å². The average molecular weight is 273 g/mol. The number of hydrogen-bond donors (Lipinski definition) is 2. The minimum absolute atomic E-state index is 0.0278. The van der Waals surface area contributed by atoms with E-state index in [2.05, 4.69) is 15.3 Å². The molecule has 0 radical (unpaired) electrons. The van der Waals surface area contributed by atoms with Crippen molar-refractivity contribution in [1.82, 2.24) is 9.97 Å². The minimum atomic E-state index is -1.04. The Bertz CT molecular complexity index is 647. The molecule has 0 unspecified atom stereocenters. The van der Waals surface area contributed by atoms with Crippen LogP contribution in [0.15, 0.2) is 22.6 Å². The molecular weight excluding hydrogens is 258 g/mol. The van der Waals surface area contributed by atoms with Crippen molar-refractivity contribution in [1.29, 1.82) is 0 Å². The Kier molecular flexibility index (Phi) is 3.14. The summed E-state index contributed by atoms with van der Waals surface area (Å²) in [4.78, 5) is 19.5. The molecular formula is C14H15N3O3. The highest BCUT2D eigenvalue weighted by Gasteiger charge is 2.28.